The number of amides is 2. The zero-order valence-corrected chi connectivity index (χ0v) is 15.3. The topological polar surface area (TPSA) is 67.4 Å². The normalized spacial score (nSPS) is 10.2. The first-order valence-electron chi connectivity index (χ1n) is 8.16. The van der Waals surface area contributed by atoms with Crippen LogP contribution in [0.3, 0.4) is 0 Å². The Morgan fingerprint density at radius 3 is 2.31 bits per heavy atom. The Labute approximate surface area is 156 Å². The summed E-state index contributed by atoms with van der Waals surface area (Å²) >= 11 is 1.49. The lowest BCUT2D eigenvalue weighted by atomic mass is 10.2. The van der Waals surface area contributed by atoms with Crippen LogP contribution < -0.4 is 15.4 Å². The Balaban J connectivity index is 1.59. The van der Waals surface area contributed by atoms with Gasteiger partial charge in [-0.3, -0.25) is 9.59 Å². The maximum Gasteiger partial charge on any atom is 0.251 e. The van der Waals surface area contributed by atoms with E-state index in [1.807, 2.05) is 0 Å². The maximum atomic E-state index is 12.8. The monoisotopic (exact) mass is 376 g/mol. The lowest BCUT2D eigenvalue weighted by Crippen LogP contribution is -2.34. The molecule has 0 fully saturated rings. The molecule has 2 aromatic rings. The lowest BCUT2D eigenvalue weighted by molar-refractivity contribution is -0.120. The van der Waals surface area contributed by atoms with E-state index in [-0.39, 0.29) is 17.6 Å². The van der Waals surface area contributed by atoms with Gasteiger partial charge in [-0.2, -0.15) is 0 Å². The predicted octanol–water partition coefficient (Wildman–Crippen LogP) is 2.86. The first-order valence-corrected chi connectivity index (χ1v) is 9.14. The minimum absolute atomic E-state index is 0.0849. The van der Waals surface area contributed by atoms with Crippen molar-refractivity contribution >= 4 is 23.6 Å². The SMILES string of the molecule is COc1ccc(C(=O)NCCNC(=O)CCSc2ccc(F)cc2)cc1. The molecule has 0 radical (unpaired) electrons. The zero-order valence-electron chi connectivity index (χ0n) is 14.5. The minimum Gasteiger partial charge on any atom is -0.497 e. The highest BCUT2D eigenvalue weighted by Gasteiger charge is 2.06. The van der Waals surface area contributed by atoms with Gasteiger partial charge in [0.25, 0.3) is 5.91 Å². The number of nitrogens with one attached hydrogen (secondary N) is 2. The minimum atomic E-state index is -0.274. The van der Waals surface area contributed by atoms with Crippen molar-refractivity contribution in [2.45, 2.75) is 11.3 Å². The van der Waals surface area contributed by atoms with Gasteiger partial charge in [0, 0.05) is 35.7 Å². The third-order valence-electron chi connectivity index (χ3n) is 3.50. The van der Waals surface area contributed by atoms with Crippen LogP contribution in [0.15, 0.2) is 53.4 Å². The molecule has 0 saturated heterocycles. The summed E-state index contributed by atoms with van der Waals surface area (Å²) in [5, 5.41) is 5.50. The molecule has 0 aliphatic rings. The lowest BCUT2D eigenvalue weighted by Gasteiger charge is -2.08. The zero-order chi connectivity index (χ0) is 18.8. The average molecular weight is 376 g/mol. The molecule has 0 atom stereocenters. The van der Waals surface area contributed by atoms with E-state index in [2.05, 4.69) is 10.6 Å². The van der Waals surface area contributed by atoms with Gasteiger partial charge in [-0.25, -0.2) is 4.39 Å². The van der Waals surface area contributed by atoms with Crippen LogP contribution >= 0.6 is 11.8 Å². The van der Waals surface area contributed by atoms with Gasteiger partial charge in [-0.15, -0.1) is 11.8 Å². The summed E-state index contributed by atoms with van der Waals surface area (Å²) in [7, 11) is 1.57. The van der Waals surface area contributed by atoms with Gasteiger partial charge in [0.05, 0.1) is 7.11 Å². The first kappa shape index (κ1) is 19.8. The van der Waals surface area contributed by atoms with Gasteiger partial charge in [0.1, 0.15) is 11.6 Å². The molecule has 2 amide bonds. The highest BCUT2D eigenvalue weighted by atomic mass is 32.2. The van der Waals surface area contributed by atoms with Crippen LogP contribution in [0.2, 0.25) is 0 Å². The molecule has 0 aliphatic heterocycles. The summed E-state index contributed by atoms with van der Waals surface area (Å²) in [5.41, 5.74) is 0.535. The Kier molecular flexibility index (Phi) is 7.95. The number of hydrogen-bond donors (Lipinski definition) is 2. The Hall–Kier alpha value is -2.54. The summed E-state index contributed by atoms with van der Waals surface area (Å²) < 4.78 is 17.8. The van der Waals surface area contributed by atoms with Gasteiger partial charge < -0.3 is 15.4 Å². The molecule has 0 saturated carbocycles. The largest absolute Gasteiger partial charge is 0.497 e. The van der Waals surface area contributed by atoms with Crippen LogP contribution in [0.1, 0.15) is 16.8 Å². The fourth-order valence-corrected chi connectivity index (χ4v) is 2.95. The molecule has 0 aliphatic carbocycles. The molecule has 7 heteroatoms. The molecule has 26 heavy (non-hydrogen) atoms. The van der Waals surface area contributed by atoms with E-state index in [4.69, 9.17) is 4.74 Å². The van der Waals surface area contributed by atoms with Crippen LogP contribution in [0, 0.1) is 5.82 Å². The number of halogens is 1. The van der Waals surface area contributed by atoms with Crippen LogP contribution in [0.4, 0.5) is 4.39 Å². The van der Waals surface area contributed by atoms with Gasteiger partial charge in [-0.1, -0.05) is 0 Å². The number of thioether (sulfide) groups is 1. The molecular formula is C19H21FN2O3S. The molecule has 0 bridgehead atoms. The van der Waals surface area contributed by atoms with Crippen molar-refractivity contribution in [1.82, 2.24) is 10.6 Å². The Morgan fingerprint density at radius 2 is 1.65 bits per heavy atom. The van der Waals surface area contributed by atoms with Crippen molar-refractivity contribution in [3.05, 3.63) is 59.9 Å². The van der Waals surface area contributed by atoms with E-state index in [1.165, 1.54) is 23.9 Å². The third-order valence-corrected chi connectivity index (χ3v) is 4.51. The molecule has 0 spiro atoms. The van der Waals surface area contributed by atoms with E-state index >= 15 is 0 Å². The highest BCUT2D eigenvalue weighted by molar-refractivity contribution is 7.99. The van der Waals surface area contributed by atoms with Crippen molar-refractivity contribution in [1.29, 1.82) is 0 Å². The number of methoxy groups -OCH3 is 1. The molecule has 5 nitrogen and oxygen atoms in total. The smallest absolute Gasteiger partial charge is 0.251 e. The standard InChI is InChI=1S/C19H21FN2O3S/c1-25-16-6-2-14(3-7-16)19(24)22-12-11-21-18(23)10-13-26-17-8-4-15(20)5-9-17/h2-9H,10-13H2,1H3,(H,21,23)(H,22,24). The Bertz CT molecular complexity index is 721. The number of rotatable bonds is 9. The molecule has 2 aromatic carbocycles. The van der Waals surface area contributed by atoms with Crippen molar-refractivity contribution in [3.8, 4) is 5.75 Å². The van der Waals surface area contributed by atoms with Crippen molar-refractivity contribution in [3.63, 3.8) is 0 Å². The quantitative estimate of drug-likeness (QED) is 0.522. The molecule has 0 unspecified atom stereocenters. The summed E-state index contributed by atoms with van der Waals surface area (Å²) in [4.78, 5) is 24.6. The fourth-order valence-electron chi connectivity index (χ4n) is 2.10. The predicted molar refractivity (Wildman–Crippen MR) is 100 cm³/mol. The van der Waals surface area contributed by atoms with E-state index in [1.54, 1.807) is 43.5 Å². The summed E-state index contributed by atoms with van der Waals surface area (Å²) in [6.07, 6.45) is 0.356. The van der Waals surface area contributed by atoms with Crippen LogP contribution in [-0.4, -0.2) is 37.8 Å². The second-order valence-corrected chi connectivity index (χ2v) is 6.56. The van der Waals surface area contributed by atoms with Crippen molar-refractivity contribution < 1.29 is 18.7 Å². The average Bonchev–Trinajstić information content (AvgIpc) is 2.66. The number of carbonyl (C=O) groups is 2. The van der Waals surface area contributed by atoms with Crippen LogP contribution in [-0.2, 0) is 4.79 Å². The van der Waals surface area contributed by atoms with Crippen LogP contribution in [0.25, 0.3) is 0 Å². The number of carbonyl (C=O) groups excluding carboxylic acids is 2. The molecule has 0 aromatic heterocycles. The summed E-state index contributed by atoms with van der Waals surface area (Å²) in [6.45, 7) is 0.712. The molecule has 0 heterocycles. The van der Waals surface area contributed by atoms with E-state index in [0.29, 0.717) is 36.6 Å². The molecule has 138 valence electrons. The Morgan fingerprint density at radius 1 is 1.00 bits per heavy atom. The van der Waals surface area contributed by atoms with Crippen molar-refractivity contribution in [2.75, 3.05) is 26.0 Å². The number of ether oxygens (including phenoxy) is 1. The van der Waals surface area contributed by atoms with Crippen molar-refractivity contribution in [2.24, 2.45) is 0 Å². The second-order valence-electron chi connectivity index (χ2n) is 5.39. The molecule has 2 rings (SSSR count). The van der Waals surface area contributed by atoms with Gasteiger partial charge >= 0.3 is 0 Å². The maximum absolute atomic E-state index is 12.8. The van der Waals surface area contributed by atoms with E-state index < -0.39 is 0 Å². The molecule has 2 N–H and O–H groups in total. The first-order chi connectivity index (χ1) is 12.6. The summed E-state index contributed by atoms with van der Waals surface area (Å²) in [5.74, 6) is 0.735. The van der Waals surface area contributed by atoms with E-state index in [9.17, 15) is 14.0 Å². The summed E-state index contributed by atoms with van der Waals surface area (Å²) in [6, 6.07) is 13.0. The van der Waals surface area contributed by atoms with Gasteiger partial charge in [0.2, 0.25) is 5.91 Å². The third kappa shape index (κ3) is 6.76. The van der Waals surface area contributed by atoms with Crippen LogP contribution in [0.5, 0.6) is 5.75 Å². The second kappa shape index (κ2) is 10.5. The fraction of sp³-hybridized carbons (Fsp3) is 0.263. The van der Waals surface area contributed by atoms with Gasteiger partial charge in [-0.05, 0) is 48.5 Å². The highest BCUT2D eigenvalue weighted by Crippen LogP contribution is 2.18. The molecular weight excluding hydrogens is 355 g/mol. The number of benzene rings is 2. The van der Waals surface area contributed by atoms with E-state index in [0.717, 1.165) is 4.90 Å². The number of hydrogen-bond acceptors (Lipinski definition) is 4. The van der Waals surface area contributed by atoms with Gasteiger partial charge in [0.15, 0.2) is 0 Å².